The molecule has 3 rings (SSSR count). The zero-order valence-corrected chi connectivity index (χ0v) is 17.9. The maximum atomic E-state index is 12.3. The van der Waals surface area contributed by atoms with Crippen LogP contribution in [-0.4, -0.2) is 37.5 Å². The molecule has 0 aliphatic heterocycles. The molecule has 0 spiro atoms. The van der Waals surface area contributed by atoms with Crippen LogP contribution in [0.1, 0.15) is 26.4 Å². The summed E-state index contributed by atoms with van der Waals surface area (Å²) in [5.74, 6) is 1.16. The maximum Gasteiger partial charge on any atom is 0.269 e. The van der Waals surface area contributed by atoms with Gasteiger partial charge in [0, 0.05) is 31.4 Å². The van der Waals surface area contributed by atoms with Crippen LogP contribution in [-0.2, 0) is 6.42 Å². The van der Waals surface area contributed by atoms with Crippen molar-refractivity contribution in [3.05, 3.63) is 82.6 Å². The largest absolute Gasteiger partial charge is 0.495 e. The van der Waals surface area contributed by atoms with Gasteiger partial charge in [-0.15, -0.1) is 0 Å². The number of aromatic nitrogens is 1. The summed E-state index contributed by atoms with van der Waals surface area (Å²) in [7, 11) is 3.07. The molecule has 0 fully saturated rings. The van der Waals surface area contributed by atoms with Crippen molar-refractivity contribution in [3.63, 3.8) is 0 Å². The first kappa shape index (κ1) is 22.1. The number of hydrogen-bond acceptors (Lipinski definition) is 5. The number of nitrogens with one attached hydrogen (secondary N) is 2. The number of carbonyl (C=O) groups is 2. The molecule has 3 aromatic rings. The van der Waals surface area contributed by atoms with Crippen LogP contribution in [0.2, 0.25) is 5.02 Å². The van der Waals surface area contributed by atoms with E-state index in [4.69, 9.17) is 21.1 Å². The zero-order chi connectivity index (χ0) is 22.2. The molecule has 8 heteroatoms. The Kier molecular flexibility index (Phi) is 7.45. The Bertz CT molecular complexity index is 1090. The molecule has 0 atom stereocenters. The number of pyridine rings is 1. The predicted octanol–water partition coefficient (Wildman–Crippen LogP) is 3.87. The van der Waals surface area contributed by atoms with Gasteiger partial charge in [-0.3, -0.25) is 14.6 Å². The van der Waals surface area contributed by atoms with Gasteiger partial charge in [-0.1, -0.05) is 23.7 Å². The van der Waals surface area contributed by atoms with E-state index in [2.05, 4.69) is 15.6 Å². The molecule has 0 saturated heterocycles. The van der Waals surface area contributed by atoms with Crippen molar-refractivity contribution in [2.24, 2.45) is 0 Å². The van der Waals surface area contributed by atoms with E-state index in [1.54, 1.807) is 37.4 Å². The van der Waals surface area contributed by atoms with Crippen LogP contribution >= 0.6 is 11.6 Å². The third-order valence-electron chi connectivity index (χ3n) is 4.44. The van der Waals surface area contributed by atoms with Gasteiger partial charge in [-0.2, -0.15) is 0 Å². The van der Waals surface area contributed by atoms with Gasteiger partial charge in [0.2, 0.25) is 0 Å². The lowest BCUT2D eigenvalue weighted by atomic mass is 10.1. The molecule has 0 aliphatic rings. The molecular formula is C23H22ClN3O4. The minimum atomic E-state index is -0.284. The fraction of sp³-hybridized carbons (Fsp3) is 0.174. The zero-order valence-electron chi connectivity index (χ0n) is 17.1. The fourth-order valence-electron chi connectivity index (χ4n) is 2.86. The van der Waals surface area contributed by atoms with Crippen molar-refractivity contribution >= 4 is 23.4 Å². The third-order valence-corrected chi connectivity index (χ3v) is 4.73. The van der Waals surface area contributed by atoms with E-state index in [1.807, 2.05) is 24.3 Å². The molecular weight excluding hydrogens is 418 g/mol. The first-order valence-corrected chi connectivity index (χ1v) is 9.94. The number of nitrogens with zero attached hydrogens (tertiary/aromatic N) is 1. The molecule has 2 N–H and O–H groups in total. The van der Waals surface area contributed by atoms with Crippen LogP contribution in [0, 0.1) is 0 Å². The van der Waals surface area contributed by atoms with Crippen molar-refractivity contribution in [3.8, 4) is 17.2 Å². The van der Waals surface area contributed by atoms with Gasteiger partial charge in [0.25, 0.3) is 11.8 Å². The molecule has 0 radical (unpaired) electrons. The molecule has 1 heterocycles. The normalized spacial score (nSPS) is 10.3. The minimum absolute atomic E-state index is 0.213. The SMILES string of the molecule is CNC(=O)c1cc(Oc2cccc(CCNC(=O)c3ccc(OC)c(Cl)c3)c2)ccn1. The summed E-state index contributed by atoms with van der Waals surface area (Å²) in [5.41, 5.74) is 1.73. The molecule has 0 unspecified atom stereocenters. The lowest BCUT2D eigenvalue weighted by Gasteiger charge is -2.10. The summed E-state index contributed by atoms with van der Waals surface area (Å²) < 4.78 is 10.9. The maximum absolute atomic E-state index is 12.3. The summed E-state index contributed by atoms with van der Waals surface area (Å²) in [4.78, 5) is 28.1. The average molecular weight is 440 g/mol. The second-order valence-electron chi connectivity index (χ2n) is 6.56. The van der Waals surface area contributed by atoms with Crippen LogP contribution in [0.5, 0.6) is 17.2 Å². The summed E-state index contributed by atoms with van der Waals surface area (Å²) in [6, 6.07) is 15.7. The minimum Gasteiger partial charge on any atom is -0.495 e. The molecule has 1 aromatic heterocycles. The molecule has 0 saturated carbocycles. The van der Waals surface area contributed by atoms with Crippen LogP contribution in [0.3, 0.4) is 0 Å². The van der Waals surface area contributed by atoms with E-state index >= 15 is 0 Å². The number of hydrogen-bond donors (Lipinski definition) is 2. The second-order valence-corrected chi connectivity index (χ2v) is 6.97. The van der Waals surface area contributed by atoms with Gasteiger partial charge in [0.15, 0.2) is 0 Å². The van der Waals surface area contributed by atoms with Crippen molar-refractivity contribution in [1.29, 1.82) is 0 Å². The van der Waals surface area contributed by atoms with E-state index in [-0.39, 0.29) is 17.5 Å². The quantitative estimate of drug-likeness (QED) is 0.556. The van der Waals surface area contributed by atoms with Crippen LogP contribution in [0.4, 0.5) is 0 Å². The van der Waals surface area contributed by atoms with Crippen molar-refractivity contribution < 1.29 is 19.1 Å². The predicted molar refractivity (Wildman–Crippen MR) is 118 cm³/mol. The van der Waals surface area contributed by atoms with Crippen molar-refractivity contribution in [1.82, 2.24) is 15.6 Å². The van der Waals surface area contributed by atoms with Gasteiger partial charge in [-0.05, 0) is 48.4 Å². The summed E-state index contributed by atoms with van der Waals surface area (Å²) >= 11 is 6.08. The molecule has 160 valence electrons. The van der Waals surface area contributed by atoms with Gasteiger partial charge in [-0.25, -0.2) is 0 Å². The lowest BCUT2D eigenvalue weighted by molar-refractivity contribution is 0.0947. The monoisotopic (exact) mass is 439 g/mol. The van der Waals surface area contributed by atoms with E-state index in [0.29, 0.717) is 40.8 Å². The van der Waals surface area contributed by atoms with Crippen LogP contribution in [0.15, 0.2) is 60.8 Å². The highest BCUT2D eigenvalue weighted by molar-refractivity contribution is 6.32. The van der Waals surface area contributed by atoms with Gasteiger partial charge in [0.1, 0.15) is 22.9 Å². The highest BCUT2D eigenvalue weighted by Gasteiger charge is 2.10. The van der Waals surface area contributed by atoms with Crippen molar-refractivity contribution in [2.75, 3.05) is 20.7 Å². The van der Waals surface area contributed by atoms with Gasteiger partial charge in [0.05, 0.1) is 12.1 Å². The summed E-state index contributed by atoms with van der Waals surface area (Å²) in [6.07, 6.45) is 2.14. The molecule has 7 nitrogen and oxygen atoms in total. The van der Waals surface area contributed by atoms with Crippen LogP contribution in [0.25, 0.3) is 0 Å². The first-order valence-electron chi connectivity index (χ1n) is 9.57. The van der Waals surface area contributed by atoms with Gasteiger partial charge < -0.3 is 20.1 Å². The Morgan fingerprint density at radius 3 is 2.58 bits per heavy atom. The van der Waals surface area contributed by atoms with E-state index < -0.39 is 0 Å². The highest BCUT2D eigenvalue weighted by atomic mass is 35.5. The third kappa shape index (κ3) is 5.96. The number of carbonyl (C=O) groups excluding carboxylic acids is 2. The number of methoxy groups -OCH3 is 1. The Morgan fingerprint density at radius 2 is 1.84 bits per heavy atom. The Hall–Kier alpha value is -3.58. The van der Waals surface area contributed by atoms with Crippen molar-refractivity contribution in [2.45, 2.75) is 6.42 Å². The van der Waals surface area contributed by atoms with E-state index in [9.17, 15) is 9.59 Å². The number of rotatable bonds is 8. The summed E-state index contributed by atoms with van der Waals surface area (Å²) in [5, 5.41) is 5.79. The smallest absolute Gasteiger partial charge is 0.269 e. The number of halogens is 1. The lowest BCUT2D eigenvalue weighted by Crippen LogP contribution is -2.25. The number of ether oxygens (including phenoxy) is 2. The molecule has 2 aromatic carbocycles. The Morgan fingerprint density at radius 1 is 1.03 bits per heavy atom. The van der Waals surface area contributed by atoms with E-state index in [0.717, 1.165) is 5.56 Å². The number of benzene rings is 2. The topological polar surface area (TPSA) is 89.6 Å². The molecule has 0 bridgehead atoms. The Labute approximate surface area is 185 Å². The molecule has 2 amide bonds. The standard InChI is InChI=1S/C23H22ClN3O4/c1-25-23(29)20-14-18(9-11-26-20)31-17-5-3-4-15(12-17)8-10-27-22(28)16-6-7-21(30-2)19(24)13-16/h3-7,9,11-14H,8,10H2,1-2H3,(H,25,29)(H,27,28). The highest BCUT2D eigenvalue weighted by Crippen LogP contribution is 2.25. The number of amides is 2. The Balaban J connectivity index is 1.58. The first-order chi connectivity index (χ1) is 15.0. The molecule has 0 aliphatic carbocycles. The average Bonchev–Trinajstić information content (AvgIpc) is 2.79. The summed E-state index contributed by atoms with van der Waals surface area (Å²) in [6.45, 7) is 0.446. The van der Waals surface area contributed by atoms with Gasteiger partial charge >= 0.3 is 0 Å². The fourth-order valence-corrected chi connectivity index (χ4v) is 3.12. The second kappa shape index (κ2) is 10.4. The van der Waals surface area contributed by atoms with Crippen LogP contribution < -0.4 is 20.1 Å². The van der Waals surface area contributed by atoms with E-state index in [1.165, 1.54) is 13.3 Å². The molecule has 31 heavy (non-hydrogen) atoms.